The van der Waals surface area contributed by atoms with E-state index in [-0.39, 0.29) is 10.8 Å². The lowest BCUT2D eigenvalue weighted by atomic mass is 9.79. The van der Waals surface area contributed by atoms with Crippen molar-refractivity contribution < 1.29 is 22.9 Å². The van der Waals surface area contributed by atoms with E-state index in [1.807, 2.05) is 6.92 Å². The highest BCUT2D eigenvalue weighted by Crippen LogP contribution is 2.24. The first-order valence-corrected chi connectivity index (χ1v) is 9.64. The fourth-order valence-corrected chi connectivity index (χ4v) is 4.23. The summed E-state index contributed by atoms with van der Waals surface area (Å²) in [6.07, 6.45) is 0.487. The van der Waals surface area contributed by atoms with Crippen molar-refractivity contribution in [3.8, 4) is 0 Å². The van der Waals surface area contributed by atoms with E-state index >= 15 is 0 Å². The number of fused-ring (bicyclic) bond motifs is 1. The molecule has 0 saturated carbocycles. The number of carbonyl (C=O) groups excluding carboxylic acids is 1. The predicted molar refractivity (Wildman–Crippen MR) is 99.8 cm³/mol. The van der Waals surface area contributed by atoms with E-state index in [4.69, 9.17) is 4.65 Å². The van der Waals surface area contributed by atoms with Crippen LogP contribution in [0, 0.1) is 0 Å². The van der Waals surface area contributed by atoms with Gasteiger partial charge in [0.25, 0.3) is 10.0 Å². The summed E-state index contributed by atoms with van der Waals surface area (Å²) in [5.41, 5.74) is 2.87. The molecule has 2 aromatic rings. The van der Waals surface area contributed by atoms with Crippen molar-refractivity contribution in [1.29, 1.82) is 0 Å². The fourth-order valence-electron chi connectivity index (χ4n) is 2.89. The van der Waals surface area contributed by atoms with Gasteiger partial charge in [-0.25, -0.2) is 8.42 Å². The summed E-state index contributed by atoms with van der Waals surface area (Å²) >= 11 is 0. The summed E-state index contributed by atoms with van der Waals surface area (Å²) in [7, 11) is -4.87. The maximum absolute atomic E-state index is 12.8. The smallest absolute Gasteiger partial charge is 0.423 e. The van der Waals surface area contributed by atoms with E-state index in [0.29, 0.717) is 35.4 Å². The molecule has 7 nitrogen and oxygen atoms in total. The number of sulfonamides is 1. The standard InChI is InChI=1S/C17H19BN2O5S/c1-3-12-8-14(19-11(2)21)6-7-17(12)26(23,24)20-15-5-4-13-10-25-18(22)16(13)9-15/h4-9,20,22H,3,10H2,1-2H3,(H,19,21). The SMILES string of the molecule is CCc1cc(NC(C)=O)ccc1S(=O)(=O)Nc1ccc2c(c1)B(O)OC2. The van der Waals surface area contributed by atoms with Crippen LogP contribution in [0.4, 0.5) is 11.4 Å². The van der Waals surface area contributed by atoms with Crippen molar-refractivity contribution in [1.82, 2.24) is 0 Å². The molecule has 0 bridgehead atoms. The van der Waals surface area contributed by atoms with Crippen molar-refractivity contribution >= 4 is 39.9 Å². The van der Waals surface area contributed by atoms with Crippen molar-refractivity contribution in [2.45, 2.75) is 31.8 Å². The van der Waals surface area contributed by atoms with Gasteiger partial charge in [0.05, 0.1) is 11.5 Å². The summed E-state index contributed by atoms with van der Waals surface area (Å²) in [4.78, 5) is 11.3. The Bertz CT molecular complexity index is 962. The molecule has 0 spiro atoms. The molecule has 0 aliphatic carbocycles. The predicted octanol–water partition coefficient (Wildman–Crippen LogP) is 1.23. The summed E-state index contributed by atoms with van der Waals surface area (Å²) in [6.45, 7) is 3.53. The van der Waals surface area contributed by atoms with Crippen molar-refractivity contribution in [3.05, 3.63) is 47.5 Å². The van der Waals surface area contributed by atoms with Gasteiger partial charge >= 0.3 is 7.12 Å². The zero-order valence-electron chi connectivity index (χ0n) is 14.4. The summed E-state index contributed by atoms with van der Waals surface area (Å²) in [5, 5.41) is 12.4. The van der Waals surface area contributed by atoms with Crippen LogP contribution in [0.15, 0.2) is 41.3 Å². The molecule has 2 aromatic carbocycles. The maximum atomic E-state index is 12.8. The number of nitrogens with one attached hydrogen (secondary N) is 2. The van der Waals surface area contributed by atoms with Crippen LogP contribution in [0.25, 0.3) is 0 Å². The van der Waals surface area contributed by atoms with Crippen LogP contribution in [0.2, 0.25) is 0 Å². The first-order chi connectivity index (χ1) is 12.3. The van der Waals surface area contributed by atoms with Gasteiger partial charge in [0.1, 0.15) is 0 Å². The van der Waals surface area contributed by atoms with Gasteiger partial charge in [-0.1, -0.05) is 13.0 Å². The molecule has 0 unspecified atom stereocenters. The molecular weight excluding hydrogens is 355 g/mol. The van der Waals surface area contributed by atoms with E-state index < -0.39 is 17.1 Å². The Balaban J connectivity index is 1.91. The molecule has 0 fully saturated rings. The van der Waals surface area contributed by atoms with Crippen LogP contribution in [-0.2, 0) is 32.5 Å². The summed E-state index contributed by atoms with van der Waals surface area (Å²) in [5.74, 6) is -0.222. The molecule has 1 amide bonds. The minimum atomic E-state index is -3.82. The summed E-state index contributed by atoms with van der Waals surface area (Å²) in [6, 6.07) is 9.60. The lowest BCUT2D eigenvalue weighted by Gasteiger charge is -2.14. The number of aryl methyl sites for hydroxylation is 1. The van der Waals surface area contributed by atoms with Crippen LogP contribution >= 0.6 is 0 Å². The number of hydrogen-bond donors (Lipinski definition) is 3. The highest BCUT2D eigenvalue weighted by atomic mass is 32.2. The van der Waals surface area contributed by atoms with E-state index in [9.17, 15) is 18.2 Å². The minimum absolute atomic E-state index is 0.145. The fraction of sp³-hybridized carbons (Fsp3) is 0.235. The Morgan fingerprint density at radius 3 is 2.65 bits per heavy atom. The molecule has 0 aromatic heterocycles. The molecule has 9 heteroatoms. The monoisotopic (exact) mass is 374 g/mol. The lowest BCUT2D eigenvalue weighted by molar-refractivity contribution is -0.114. The average Bonchev–Trinajstić information content (AvgIpc) is 2.94. The van der Waals surface area contributed by atoms with Gasteiger partial charge in [-0.15, -0.1) is 0 Å². The molecule has 26 heavy (non-hydrogen) atoms. The number of amides is 1. The normalized spacial score (nSPS) is 13.4. The van der Waals surface area contributed by atoms with Crippen LogP contribution in [-0.4, -0.2) is 26.5 Å². The molecule has 1 aliphatic heterocycles. The molecule has 1 aliphatic rings. The Kier molecular flexibility index (Phi) is 5.04. The molecule has 0 saturated heterocycles. The zero-order valence-corrected chi connectivity index (χ0v) is 15.3. The Hall–Kier alpha value is -2.36. The Morgan fingerprint density at radius 1 is 1.23 bits per heavy atom. The van der Waals surface area contributed by atoms with Gasteiger partial charge in [-0.05, 0) is 53.3 Å². The van der Waals surface area contributed by atoms with E-state index in [0.717, 1.165) is 5.56 Å². The van der Waals surface area contributed by atoms with Gasteiger partial charge in [0, 0.05) is 18.3 Å². The second-order valence-corrected chi connectivity index (χ2v) is 7.69. The Labute approximate surface area is 152 Å². The van der Waals surface area contributed by atoms with Crippen molar-refractivity contribution in [2.24, 2.45) is 0 Å². The molecule has 136 valence electrons. The lowest BCUT2D eigenvalue weighted by Crippen LogP contribution is -2.28. The van der Waals surface area contributed by atoms with Crippen LogP contribution in [0.5, 0.6) is 0 Å². The van der Waals surface area contributed by atoms with Gasteiger partial charge in [0.15, 0.2) is 0 Å². The molecule has 0 atom stereocenters. The third-order valence-electron chi connectivity index (χ3n) is 4.11. The third kappa shape index (κ3) is 3.74. The first-order valence-electron chi connectivity index (χ1n) is 8.16. The second-order valence-electron chi connectivity index (χ2n) is 6.04. The maximum Gasteiger partial charge on any atom is 0.491 e. The van der Waals surface area contributed by atoms with E-state index in [2.05, 4.69) is 10.0 Å². The van der Waals surface area contributed by atoms with E-state index in [1.54, 1.807) is 30.3 Å². The number of benzene rings is 2. The Morgan fingerprint density at radius 2 is 1.96 bits per heavy atom. The number of carbonyl (C=O) groups is 1. The third-order valence-corrected chi connectivity index (χ3v) is 5.59. The van der Waals surface area contributed by atoms with Crippen LogP contribution < -0.4 is 15.5 Å². The number of anilines is 2. The van der Waals surface area contributed by atoms with Crippen molar-refractivity contribution in [2.75, 3.05) is 10.0 Å². The topological polar surface area (TPSA) is 105 Å². The van der Waals surface area contributed by atoms with Gasteiger partial charge in [-0.2, -0.15) is 0 Å². The van der Waals surface area contributed by atoms with Crippen LogP contribution in [0.1, 0.15) is 25.0 Å². The molecule has 1 heterocycles. The average molecular weight is 374 g/mol. The number of hydrogen-bond acceptors (Lipinski definition) is 5. The highest BCUT2D eigenvalue weighted by molar-refractivity contribution is 7.92. The van der Waals surface area contributed by atoms with Gasteiger partial charge in [0.2, 0.25) is 5.91 Å². The van der Waals surface area contributed by atoms with E-state index in [1.165, 1.54) is 13.0 Å². The first kappa shape index (κ1) is 18.4. The minimum Gasteiger partial charge on any atom is -0.423 e. The molecule has 3 N–H and O–H groups in total. The second kappa shape index (κ2) is 7.10. The molecule has 3 rings (SSSR count). The van der Waals surface area contributed by atoms with Gasteiger partial charge < -0.3 is 15.0 Å². The quantitative estimate of drug-likeness (QED) is 0.683. The van der Waals surface area contributed by atoms with Gasteiger partial charge in [-0.3, -0.25) is 9.52 Å². The summed E-state index contributed by atoms with van der Waals surface area (Å²) < 4.78 is 33.3. The van der Waals surface area contributed by atoms with Crippen LogP contribution in [0.3, 0.4) is 0 Å². The highest BCUT2D eigenvalue weighted by Gasteiger charge is 2.28. The molecular formula is C17H19BN2O5S. The number of rotatable bonds is 5. The van der Waals surface area contributed by atoms with Crippen molar-refractivity contribution in [3.63, 3.8) is 0 Å². The zero-order chi connectivity index (χ0) is 18.9. The largest absolute Gasteiger partial charge is 0.491 e. The molecule has 0 radical (unpaired) electrons.